The zero-order valence-electron chi connectivity index (χ0n) is 34.7. The number of unbranched alkanes of at least 4 members (excludes halogenated alkanes) is 16. The fourth-order valence-electron chi connectivity index (χ4n) is 5.61. The second-order valence-corrected chi connectivity index (χ2v) is 16.7. The summed E-state index contributed by atoms with van der Waals surface area (Å²) >= 11 is 0. The number of carbonyl (C=O) groups excluding carboxylic acids is 1. The number of aliphatic hydroxyl groups is 1. The van der Waals surface area contributed by atoms with Gasteiger partial charge in [-0.3, -0.25) is 9.36 Å². The molecule has 0 spiro atoms. The van der Waals surface area contributed by atoms with Crippen LogP contribution in [0.15, 0.2) is 60.8 Å². The minimum atomic E-state index is -4.59. The molecule has 0 saturated heterocycles. The molecule has 0 aromatic carbocycles. The monoisotopic (exact) mass is 765 g/mol. The van der Waals surface area contributed by atoms with Gasteiger partial charge in [-0.15, -0.1) is 0 Å². The summed E-state index contributed by atoms with van der Waals surface area (Å²) in [7, 11) is 1.24. The molecule has 308 valence electrons. The Morgan fingerprint density at radius 3 is 1.68 bits per heavy atom. The maximum absolute atomic E-state index is 12.8. The number of amides is 1. The van der Waals surface area contributed by atoms with Crippen LogP contribution in [-0.2, 0) is 18.4 Å². The summed E-state index contributed by atoms with van der Waals surface area (Å²) in [5, 5.41) is 13.7. The zero-order valence-corrected chi connectivity index (χ0v) is 35.6. The fraction of sp³-hybridized carbons (Fsp3) is 0.750. The first-order valence-electron chi connectivity index (χ1n) is 21.2. The topological polar surface area (TPSA) is 108 Å². The van der Waals surface area contributed by atoms with E-state index in [4.69, 9.17) is 9.05 Å². The Hall–Kier alpha value is -1.80. The molecule has 8 nitrogen and oxygen atoms in total. The second kappa shape index (κ2) is 35.9. The highest BCUT2D eigenvalue weighted by atomic mass is 31.2. The minimum Gasteiger partial charge on any atom is -0.756 e. The highest BCUT2D eigenvalue weighted by Crippen LogP contribution is 2.38. The molecule has 0 aromatic heterocycles. The van der Waals surface area contributed by atoms with E-state index >= 15 is 0 Å². The number of rotatable bonds is 37. The van der Waals surface area contributed by atoms with E-state index in [9.17, 15) is 19.4 Å². The quantitative estimate of drug-likeness (QED) is 0.0282. The first-order chi connectivity index (χ1) is 25.5. The standard InChI is InChI=1S/C44H81N2O6P/c1-6-8-10-12-14-16-18-19-20-21-22-23-24-25-26-27-28-30-32-34-36-38-44(48)45-42(41-52-53(49,50)51-40-39-46(3,4)5)43(47)37-35-33-31-29-17-15-13-11-9-7-2/h8,10,14,16,19-20,22-23,35,37,42-43,47H,6-7,9,11-13,15,17-18,21,24-34,36,38-41H2,1-5H3,(H-,45,48,49,50)/b10-8-,16-14-,20-19-,23-22-,37-35+. The molecule has 0 aliphatic heterocycles. The second-order valence-electron chi connectivity index (χ2n) is 15.3. The van der Waals surface area contributed by atoms with Gasteiger partial charge in [-0.1, -0.05) is 158 Å². The van der Waals surface area contributed by atoms with Crippen LogP contribution in [0, 0.1) is 0 Å². The van der Waals surface area contributed by atoms with Crippen molar-refractivity contribution >= 4 is 13.7 Å². The number of phosphoric ester groups is 1. The van der Waals surface area contributed by atoms with Gasteiger partial charge in [0.2, 0.25) is 5.91 Å². The third-order valence-electron chi connectivity index (χ3n) is 8.98. The van der Waals surface area contributed by atoms with Crippen LogP contribution in [0.1, 0.15) is 162 Å². The van der Waals surface area contributed by atoms with Crippen molar-refractivity contribution in [3.05, 3.63) is 60.8 Å². The van der Waals surface area contributed by atoms with Gasteiger partial charge < -0.3 is 28.8 Å². The molecule has 1 amide bonds. The lowest BCUT2D eigenvalue weighted by atomic mass is 10.1. The molecule has 0 rings (SSSR count). The van der Waals surface area contributed by atoms with Gasteiger partial charge >= 0.3 is 0 Å². The average molecular weight is 765 g/mol. The van der Waals surface area contributed by atoms with Crippen molar-refractivity contribution in [1.29, 1.82) is 0 Å². The maximum atomic E-state index is 12.8. The summed E-state index contributed by atoms with van der Waals surface area (Å²) in [6, 6.07) is -0.890. The lowest BCUT2D eigenvalue weighted by Gasteiger charge is -2.29. The number of allylic oxidation sites excluding steroid dienone is 9. The molecular formula is C44H81N2O6P. The zero-order chi connectivity index (χ0) is 39.3. The van der Waals surface area contributed by atoms with Gasteiger partial charge in [-0.25, -0.2) is 0 Å². The number of likely N-dealkylation sites (N-methyl/N-ethyl adjacent to an activating group) is 1. The normalized spacial score (nSPS) is 15.1. The van der Waals surface area contributed by atoms with Gasteiger partial charge in [-0.05, 0) is 57.8 Å². The van der Waals surface area contributed by atoms with E-state index < -0.39 is 20.0 Å². The highest BCUT2D eigenvalue weighted by Gasteiger charge is 2.23. The Labute approximate surface area is 326 Å². The molecule has 0 fully saturated rings. The molecule has 0 bridgehead atoms. The molecule has 9 heteroatoms. The number of nitrogens with one attached hydrogen (secondary N) is 1. The molecule has 53 heavy (non-hydrogen) atoms. The van der Waals surface area contributed by atoms with Crippen LogP contribution in [0.4, 0.5) is 0 Å². The maximum Gasteiger partial charge on any atom is 0.268 e. The van der Waals surface area contributed by atoms with E-state index in [1.165, 1.54) is 64.2 Å². The number of hydrogen-bond donors (Lipinski definition) is 2. The number of carbonyl (C=O) groups is 1. The molecule has 0 heterocycles. The third kappa shape index (κ3) is 38.3. The van der Waals surface area contributed by atoms with Crippen LogP contribution in [0.2, 0.25) is 0 Å². The van der Waals surface area contributed by atoms with Crippen LogP contribution in [-0.4, -0.2) is 68.5 Å². The van der Waals surface area contributed by atoms with Crippen molar-refractivity contribution in [2.45, 2.75) is 174 Å². The summed E-state index contributed by atoms with van der Waals surface area (Å²) in [5.41, 5.74) is 0. The van der Waals surface area contributed by atoms with Gasteiger partial charge in [0.25, 0.3) is 7.82 Å². The molecule has 0 aliphatic rings. The summed E-state index contributed by atoms with van der Waals surface area (Å²) in [4.78, 5) is 25.2. The van der Waals surface area contributed by atoms with E-state index in [1.54, 1.807) is 6.08 Å². The lowest BCUT2D eigenvalue weighted by Crippen LogP contribution is -2.45. The van der Waals surface area contributed by atoms with Crippen molar-refractivity contribution in [2.75, 3.05) is 40.9 Å². The number of quaternary nitrogens is 1. The third-order valence-corrected chi connectivity index (χ3v) is 9.95. The highest BCUT2D eigenvalue weighted by molar-refractivity contribution is 7.45. The molecule has 0 radical (unpaired) electrons. The van der Waals surface area contributed by atoms with Crippen LogP contribution in [0.3, 0.4) is 0 Å². The summed E-state index contributed by atoms with van der Waals surface area (Å²) < 4.78 is 23.1. The molecule has 2 N–H and O–H groups in total. The SMILES string of the molecule is CC/C=C\C/C=C\C/C=C\C/C=C\CCCCCCCCCCC(=O)NC(COP(=O)([O-])OCC[N+](C)(C)C)C(O)/C=C/CCCCCCCCCC. The first kappa shape index (κ1) is 51.2. The van der Waals surface area contributed by atoms with Crippen molar-refractivity contribution < 1.29 is 32.9 Å². The average Bonchev–Trinajstić information content (AvgIpc) is 3.10. The number of phosphoric acid groups is 1. The van der Waals surface area contributed by atoms with Gasteiger partial charge in [0.1, 0.15) is 13.2 Å². The van der Waals surface area contributed by atoms with Crippen molar-refractivity contribution in [1.82, 2.24) is 5.32 Å². The molecule has 3 atom stereocenters. The Morgan fingerprint density at radius 2 is 1.15 bits per heavy atom. The lowest BCUT2D eigenvalue weighted by molar-refractivity contribution is -0.870. The first-order valence-corrected chi connectivity index (χ1v) is 22.6. The van der Waals surface area contributed by atoms with E-state index in [1.807, 2.05) is 27.2 Å². The Balaban J connectivity index is 4.37. The molecular weight excluding hydrogens is 683 g/mol. The van der Waals surface area contributed by atoms with E-state index in [0.717, 1.165) is 77.0 Å². The van der Waals surface area contributed by atoms with Gasteiger partial charge in [0.15, 0.2) is 0 Å². The van der Waals surface area contributed by atoms with E-state index in [0.29, 0.717) is 17.4 Å². The number of hydrogen-bond acceptors (Lipinski definition) is 6. The van der Waals surface area contributed by atoms with E-state index in [-0.39, 0.29) is 19.1 Å². The van der Waals surface area contributed by atoms with Crippen molar-refractivity contribution in [2.24, 2.45) is 0 Å². The molecule has 3 unspecified atom stereocenters. The van der Waals surface area contributed by atoms with Crippen LogP contribution < -0.4 is 10.2 Å². The van der Waals surface area contributed by atoms with Crippen LogP contribution in [0.25, 0.3) is 0 Å². The largest absolute Gasteiger partial charge is 0.756 e. The number of aliphatic hydroxyl groups excluding tert-OH is 1. The molecule has 0 aromatic rings. The Morgan fingerprint density at radius 1 is 0.679 bits per heavy atom. The van der Waals surface area contributed by atoms with Gasteiger partial charge in [-0.2, -0.15) is 0 Å². The summed E-state index contributed by atoms with van der Waals surface area (Å²) in [6.45, 7) is 4.48. The smallest absolute Gasteiger partial charge is 0.268 e. The predicted molar refractivity (Wildman–Crippen MR) is 224 cm³/mol. The summed E-state index contributed by atoms with van der Waals surface area (Å²) in [6.07, 6.45) is 45.5. The molecule has 0 saturated carbocycles. The van der Waals surface area contributed by atoms with Gasteiger partial charge in [0, 0.05) is 6.42 Å². The van der Waals surface area contributed by atoms with E-state index in [2.05, 4.69) is 67.8 Å². The van der Waals surface area contributed by atoms with Crippen LogP contribution >= 0.6 is 7.82 Å². The Bertz CT molecular complexity index is 1050. The predicted octanol–water partition coefficient (Wildman–Crippen LogP) is 10.8. The van der Waals surface area contributed by atoms with Gasteiger partial charge in [0.05, 0.1) is 39.9 Å². The number of nitrogens with zero attached hydrogens (tertiary/aromatic N) is 1. The fourth-order valence-corrected chi connectivity index (χ4v) is 6.33. The Kier molecular flexibility index (Phi) is 34.7. The summed E-state index contributed by atoms with van der Waals surface area (Å²) in [5.74, 6) is -0.211. The molecule has 0 aliphatic carbocycles. The van der Waals surface area contributed by atoms with Crippen molar-refractivity contribution in [3.8, 4) is 0 Å². The van der Waals surface area contributed by atoms with Crippen molar-refractivity contribution in [3.63, 3.8) is 0 Å². The van der Waals surface area contributed by atoms with Crippen LogP contribution in [0.5, 0.6) is 0 Å². The minimum absolute atomic E-state index is 0.00556.